The van der Waals surface area contributed by atoms with Gasteiger partial charge in [-0.3, -0.25) is 4.79 Å². The van der Waals surface area contributed by atoms with Gasteiger partial charge in [0.05, 0.1) is 17.4 Å². The van der Waals surface area contributed by atoms with Gasteiger partial charge in [0.1, 0.15) is 5.82 Å². The summed E-state index contributed by atoms with van der Waals surface area (Å²) in [5, 5.41) is 16.5. The molecule has 1 aromatic heterocycles. The number of anilines is 1. The molecule has 1 aliphatic heterocycles. The number of rotatable bonds is 3. The summed E-state index contributed by atoms with van der Waals surface area (Å²) in [6, 6.07) is 14.5. The number of hydrogen-bond acceptors (Lipinski definition) is 3. The summed E-state index contributed by atoms with van der Waals surface area (Å²) in [4.78, 5) is 23.4. The molecule has 0 bridgehead atoms. The number of aromatic carboxylic acids is 1. The number of carboxylic acids is 1. The summed E-state index contributed by atoms with van der Waals surface area (Å²) in [6.07, 6.45) is 2.08. The van der Waals surface area contributed by atoms with Crippen molar-refractivity contribution in [1.82, 2.24) is 9.78 Å². The number of aromatic nitrogens is 2. The van der Waals surface area contributed by atoms with E-state index in [2.05, 4.69) is 10.4 Å². The van der Waals surface area contributed by atoms with Crippen molar-refractivity contribution in [2.45, 2.75) is 19.3 Å². The third kappa shape index (κ3) is 2.65. The van der Waals surface area contributed by atoms with Gasteiger partial charge in [-0.25, -0.2) is 9.48 Å². The SMILES string of the molecule is Cc1ccccc1-n1ncc2c1NC(=O)CC2c1ccc(C(=O)O)cc1. The summed E-state index contributed by atoms with van der Waals surface area (Å²) >= 11 is 0. The van der Waals surface area contributed by atoms with Crippen LogP contribution in [0.15, 0.2) is 54.7 Å². The van der Waals surface area contributed by atoms with Crippen LogP contribution in [0.4, 0.5) is 5.82 Å². The number of aryl methyl sites for hydroxylation is 1. The number of nitrogens with one attached hydrogen (secondary N) is 1. The summed E-state index contributed by atoms with van der Waals surface area (Å²) in [6.45, 7) is 2.00. The molecule has 2 N–H and O–H groups in total. The minimum atomic E-state index is -0.967. The van der Waals surface area contributed by atoms with E-state index >= 15 is 0 Å². The number of hydrogen-bond donors (Lipinski definition) is 2. The predicted octanol–water partition coefficient (Wildman–Crippen LogP) is 3.35. The van der Waals surface area contributed by atoms with E-state index in [-0.39, 0.29) is 17.4 Å². The van der Waals surface area contributed by atoms with Crippen molar-refractivity contribution < 1.29 is 14.7 Å². The zero-order valence-electron chi connectivity index (χ0n) is 14.1. The van der Waals surface area contributed by atoms with Crippen molar-refractivity contribution in [3.63, 3.8) is 0 Å². The molecule has 0 fully saturated rings. The number of carbonyl (C=O) groups excluding carboxylic acids is 1. The first-order valence-electron chi connectivity index (χ1n) is 8.31. The van der Waals surface area contributed by atoms with Gasteiger partial charge in [-0.15, -0.1) is 0 Å². The van der Waals surface area contributed by atoms with E-state index in [1.807, 2.05) is 31.2 Å². The lowest BCUT2D eigenvalue weighted by molar-refractivity contribution is -0.116. The van der Waals surface area contributed by atoms with Crippen molar-refractivity contribution in [3.05, 3.63) is 77.0 Å². The van der Waals surface area contributed by atoms with E-state index in [9.17, 15) is 9.59 Å². The second-order valence-electron chi connectivity index (χ2n) is 6.38. The van der Waals surface area contributed by atoms with E-state index in [0.717, 1.165) is 22.4 Å². The predicted molar refractivity (Wildman–Crippen MR) is 96.8 cm³/mol. The normalized spacial score (nSPS) is 16.0. The first-order chi connectivity index (χ1) is 12.5. The van der Waals surface area contributed by atoms with Crippen LogP contribution in [-0.2, 0) is 4.79 Å². The molecule has 6 nitrogen and oxygen atoms in total. The molecule has 2 heterocycles. The van der Waals surface area contributed by atoms with Gasteiger partial charge in [-0.2, -0.15) is 5.10 Å². The van der Waals surface area contributed by atoms with E-state index in [0.29, 0.717) is 12.2 Å². The fraction of sp³-hybridized carbons (Fsp3) is 0.150. The molecule has 0 radical (unpaired) electrons. The molecule has 0 spiro atoms. The van der Waals surface area contributed by atoms with E-state index < -0.39 is 5.97 Å². The van der Waals surface area contributed by atoms with E-state index in [1.165, 1.54) is 0 Å². The third-order valence-electron chi connectivity index (χ3n) is 4.72. The second kappa shape index (κ2) is 6.15. The average molecular weight is 347 g/mol. The van der Waals surface area contributed by atoms with Crippen LogP contribution in [0.25, 0.3) is 5.69 Å². The number of carboxylic acid groups (broad SMARTS) is 1. The number of carbonyl (C=O) groups is 2. The highest BCUT2D eigenvalue weighted by Crippen LogP contribution is 2.38. The molecule has 3 aromatic rings. The molecule has 130 valence electrons. The summed E-state index contributed by atoms with van der Waals surface area (Å²) in [5.74, 6) is -0.534. The topological polar surface area (TPSA) is 84.2 Å². The van der Waals surface area contributed by atoms with Gasteiger partial charge in [0, 0.05) is 17.9 Å². The monoisotopic (exact) mass is 347 g/mol. The zero-order chi connectivity index (χ0) is 18.3. The largest absolute Gasteiger partial charge is 0.478 e. The van der Waals surface area contributed by atoms with Crippen LogP contribution in [0.2, 0.25) is 0 Å². The molecule has 1 atom stereocenters. The number of amides is 1. The molecule has 6 heteroatoms. The lowest BCUT2D eigenvalue weighted by Crippen LogP contribution is -2.24. The van der Waals surface area contributed by atoms with Crippen LogP contribution in [0.5, 0.6) is 0 Å². The molecule has 0 saturated heterocycles. The molecule has 1 unspecified atom stereocenters. The highest BCUT2D eigenvalue weighted by molar-refractivity contribution is 5.95. The van der Waals surface area contributed by atoms with Gasteiger partial charge >= 0.3 is 5.97 Å². The van der Waals surface area contributed by atoms with Crippen LogP contribution in [0, 0.1) is 6.92 Å². The van der Waals surface area contributed by atoms with Crippen LogP contribution in [0.3, 0.4) is 0 Å². The summed E-state index contributed by atoms with van der Waals surface area (Å²) in [5.41, 5.74) is 4.02. The van der Waals surface area contributed by atoms with Crippen LogP contribution in [-0.4, -0.2) is 26.8 Å². The lowest BCUT2D eigenvalue weighted by atomic mass is 9.87. The maximum Gasteiger partial charge on any atom is 0.335 e. The minimum Gasteiger partial charge on any atom is -0.478 e. The Morgan fingerprint density at radius 2 is 1.92 bits per heavy atom. The molecule has 1 amide bonds. The third-order valence-corrected chi connectivity index (χ3v) is 4.72. The molecular formula is C20H17N3O3. The zero-order valence-corrected chi connectivity index (χ0v) is 14.1. The number of nitrogens with zero attached hydrogens (tertiary/aromatic N) is 2. The Bertz CT molecular complexity index is 1010. The summed E-state index contributed by atoms with van der Waals surface area (Å²) < 4.78 is 1.75. The number of benzene rings is 2. The van der Waals surface area contributed by atoms with Gasteiger partial charge in [-0.1, -0.05) is 30.3 Å². The standard InChI is InChI=1S/C20H17N3O3/c1-12-4-2-3-5-17(12)23-19-16(11-21-23)15(10-18(24)22-19)13-6-8-14(9-7-13)20(25)26/h2-9,11,15H,10H2,1H3,(H,22,24)(H,25,26). The highest BCUT2D eigenvalue weighted by Gasteiger charge is 2.30. The molecule has 0 aliphatic carbocycles. The fourth-order valence-electron chi connectivity index (χ4n) is 3.36. The first-order valence-corrected chi connectivity index (χ1v) is 8.31. The lowest BCUT2D eigenvalue weighted by Gasteiger charge is -2.24. The van der Waals surface area contributed by atoms with Crippen molar-refractivity contribution in [1.29, 1.82) is 0 Å². The second-order valence-corrected chi connectivity index (χ2v) is 6.38. The molecule has 4 rings (SSSR count). The maximum atomic E-state index is 12.3. The molecule has 26 heavy (non-hydrogen) atoms. The Morgan fingerprint density at radius 1 is 1.19 bits per heavy atom. The van der Waals surface area contributed by atoms with Crippen molar-refractivity contribution >= 4 is 17.7 Å². The smallest absolute Gasteiger partial charge is 0.335 e. The van der Waals surface area contributed by atoms with Crippen LogP contribution < -0.4 is 5.32 Å². The Labute approximate surface area is 150 Å². The number of fused-ring (bicyclic) bond motifs is 1. The van der Waals surface area contributed by atoms with Crippen molar-refractivity contribution in [2.24, 2.45) is 0 Å². The Balaban J connectivity index is 1.79. The molecular weight excluding hydrogens is 330 g/mol. The molecule has 1 aliphatic rings. The van der Waals surface area contributed by atoms with Crippen molar-refractivity contribution in [3.8, 4) is 5.69 Å². The van der Waals surface area contributed by atoms with Gasteiger partial charge in [0.15, 0.2) is 0 Å². The van der Waals surface area contributed by atoms with Gasteiger partial charge in [0.2, 0.25) is 5.91 Å². The maximum absolute atomic E-state index is 12.3. The van der Waals surface area contributed by atoms with Crippen LogP contribution in [0.1, 0.15) is 39.4 Å². The summed E-state index contributed by atoms with van der Waals surface area (Å²) in [7, 11) is 0. The quantitative estimate of drug-likeness (QED) is 0.761. The van der Waals surface area contributed by atoms with Gasteiger partial charge in [0.25, 0.3) is 0 Å². The number of para-hydroxylation sites is 1. The van der Waals surface area contributed by atoms with Gasteiger partial charge in [-0.05, 0) is 36.2 Å². The van der Waals surface area contributed by atoms with E-state index in [1.54, 1.807) is 35.1 Å². The average Bonchev–Trinajstić information content (AvgIpc) is 3.05. The van der Waals surface area contributed by atoms with Crippen LogP contribution >= 0.6 is 0 Å². The minimum absolute atomic E-state index is 0.0832. The van der Waals surface area contributed by atoms with Gasteiger partial charge < -0.3 is 10.4 Å². The molecule has 2 aromatic carbocycles. The van der Waals surface area contributed by atoms with Crippen molar-refractivity contribution in [2.75, 3.05) is 5.32 Å². The Hall–Kier alpha value is -3.41. The highest BCUT2D eigenvalue weighted by atomic mass is 16.4. The first kappa shape index (κ1) is 16.1. The van der Waals surface area contributed by atoms with E-state index in [4.69, 9.17) is 5.11 Å². The Morgan fingerprint density at radius 3 is 2.62 bits per heavy atom. The Kier molecular flexibility index (Phi) is 3.80. The molecule has 0 saturated carbocycles. The fourth-order valence-corrected chi connectivity index (χ4v) is 3.36.